The van der Waals surface area contributed by atoms with E-state index in [-0.39, 0.29) is 0 Å². The first-order valence-corrected chi connectivity index (χ1v) is 7.88. The molecule has 0 bridgehead atoms. The zero-order chi connectivity index (χ0) is 15.8. The third-order valence-electron chi connectivity index (χ3n) is 3.43. The van der Waals surface area contributed by atoms with E-state index in [9.17, 15) is 0 Å². The molecule has 0 atom stereocenters. The lowest BCUT2D eigenvalue weighted by Gasteiger charge is -2.16. The predicted molar refractivity (Wildman–Crippen MR) is 90.5 cm³/mol. The largest absolute Gasteiger partial charge is 0.490 e. The molecule has 0 aromatic heterocycles. The SMILES string of the molecule is CCNCc1cccc(OCC)c1OCc1ccc(C)cc1. The minimum absolute atomic E-state index is 0.545. The van der Waals surface area contributed by atoms with E-state index in [4.69, 9.17) is 9.47 Å². The van der Waals surface area contributed by atoms with Crippen molar-refractivity contribution in [1.82, 2.24) is 5.32 Å². The summed E-state index contributed by atoms with van der Waals surface area (Å²) in [4.78, 5) is 0. The molecule has 3 heteroatoms. The van der Waals surface area contributed by atoms with Crippen molar-refractivity contribution in [3.8, 4) is 11.5 Å². The molecule has 0 aliphatic rings. The predicted octanol–water partition coefficient (Wildman–Crippen LogP) is 4.08. The van der Waals surface area contributed by atoms with Crippen LogP contribution in [-0.2, 0) is 13.2 Å². The molecule has 0 saturated heterocycles. The zero-order valence-corrected chi connectivity index (χ0v) is 13.7. The van der Waals surface area contributed by atoms with Crippen LogP contribution in [0.4, 0.5) is 0 Å². The van der Waals surface area contributed by atoms with E-state index in [1.165, 1.54) is 5.56 Å². The molecule has 0 aliphatic heterocycles. The van der Waals surface area contributed by atoms with Crippen LogP contribution in [0.1, 0.15) is 30.5 Å². The standard InChI is InChI=1S/C19H25NO2/c1-4-20-13-17-7-6-8-18(21-5-2)19(17)22-14-16-11-9-15(3)10-12-16/h6-12,20H,4-5,13-14H2,1-3H3. The van der Waals surface area contributed by atoms with Crippen molar-refractivity contribution >= 4 is 0 Å². The van der Waals surface area contributed by atoms with E-state index in [0.717, 1.165) is 35.7 Å². The van der Waals surface area contributed by atoms with Gasteiger partial charge in [-0.3, -0.25) is 0 Å². The molecule has 1 N–H and O–H groups in total. The van der Waals surface area contributed by atoms with Gasteiger partial charge in [0.05, 0.1) is 6.61 Å². The highest BCUT2D eigenvalue weighted by molar-refractivity contribution is 5.46. The van der Waals surface area contributed by atoms with Gasteiger partial charge in [-0.15, -0.1) is 0 Å². The van der Waals surface area contributed by atoms with Crippen LogP contribution in [0.2, 0.25) is 0 Å². The van der Waals surface area contributed by atoms with E-state index in [0.29, 0.717) is 13.2 Å². The molecule has 0 heterocycles. The van der Waals surface area contributed by atoms with E-state index in [1.54, 1.807) is 0 Å². The minimum atomic E-state index is 0.545. The Kier molecular flexibility index (Phi) is 6.28. The Labute approximate surface area is 133 Å². The topological polar surface area (TPSA) is 30.5 Å². The van der Waals surface area contributed by atoms with Crippen molar-refractivity contribution in [3.05, 3.63) is 59.2 Å². The van der Waals surface area contributed by atoms with Gasteiger partial charge in [-0.05, 0) is 32.0 Å². The molecular formula is C19H25NO2. The maximum Gasteiger partial charge on any atom is 0.166 e. The molecule has 118 valence electrons. The number of para-hydroxylation sites is 1. The van der Waals surface area contributed by atoms with Gasteiger partial charge in [0.2, 0.25) is 0 Å². The lowest BCUT2D eigenvalue weighted by molar-refractivity contribution is 0.266. The number of rotatable bonds is 8. The van der Waals surface area contributed by atoms with Gasteiger partial charge >= 0.3 is 0 Å². The molecule has 0 amide bonds. The lowest BCUT2D eigenvalue weighted by atomic mass is 10.1. The van der Waals surface area contributed by atoms with Crippen molar-refractivity contribution < 1.29 is 9.47 Å². The Morgan fingerprint density at radius 2 is 1.73 bits per heavy atom. The van der Waals surface area contributed by atoms with Crippen LogP contribution >= 0.6 is 0 Å². The van der Waals surface area contributed by atoms with Gasteiger partial charge in [0.1, 0.15) is 6.61 Å². The number of nitrogens with one attached hydrogen (secondary N) is 1. The molecule has 2 aromatic rings. The van der Waals surface area contributed by atoms with Gasteiger partial charge in [0.15, 0.2) is 11.5 Å². The van der Waals surface area contributed by atoms with Gasteiger partial charge in [0.25, 0.3) is 0 Å². The van der Waals surface area contributed by atoms with Gasteiger partial charge in [0, 0.05) is 12.1 Å². The smallest absolute Gasteiger partial charge is 0.166 e. The summed E-state index contributed by atoms with van der Waals surface area (Å²) in [7, 11) is 0. The highest BCUT2D eigenvalue weighted by Gasteiger charge is 2.11. The fraction of sp³-hybridized carbons (Fsp3) is 0.368. The van der Waals surface area contributed by atoms with Gasteiger partial charge in [-0.25, -0.2) is 0 Å². The fourth-order valence-electron chi connectivity index (χ4n) is 2.23. The number of aryl methyl sites for hydroxylation is 1. The third-order valence-corrected chi connectivity index (χ3v) is 3.43. The molecule has 0 fully saturated rings. The monoisotopic (exact) mass is 299 g/mol. The molecule has 0 saturated carbocycles. The molecule has 0 radical (unpaired) electrons. The second-order valence-electron chi connectivity index (χ2n) is 5.23. The Bertz CT molecular complexity index is 578. The van der Waals surface area contributed by atoms with Crippen molar-refractivity contribution in [1.29, 1.82) is 0 Å². The van der Waals surface area contributed by atoms with Crippen LogP contribution < -0.4 is 14.8 Å². The second-order valence-corrected chi connectivity index (χ2v) is 5.23. The Morgan fingerprint density at radius 1 is 0.955 bits per heavy atom. The van der Waals surface area contributed by atoms with Crippen molar-refractivity contribution in [3.63, 3.8) is 0 Å². The molecular weight excluding hydrogens is 274 g/mol. The maximum atomic E-state index is 6.08. The number of hydrogen-bond acceptors (Lipinski definition) is 3. The zero-order valence-electron chi connectivity index (χ0n) is 13.7. The fourth-order valence-corrected chi connectivity index (χ4v) is 2.23. The summed E-state index contributed by atoms with van der Waals surface area (Å²) in [5.41, 5.74) is 3.54. The highest BCUT2D eigenvalue weighted by atomic mass is 16.5. The molecule has 22 heavy (non-hydrogen) atoms. The van der Waals surface area contributed by atoms with Crippen molar-refractivity contribution in [2.24, 2.45) is 0 Å². The van der Waals surface area contributed by atoms with Gasteiger partial charge < -0.3 is 14.8 Å². The third kappa shape index (κ3) is 4.50. The molecule has 0 unspecified atom stereocenters. The first-order valence-electron chi connectivity index (χ1n) is 7.88. The van der Waals surface area contributed by atoms with E-state index >= 15 is 0 Å². The van der Waals surface area contributed by atoms with Crippen molar-refractivity contribution in [2.45, 2.75) is 33.9 Å². The molecule has 0 spiro atoms. The summed E-state index contributed by atoms with van der Waals surface area (Å²) in [6.45, 7) is 9.05. The van der Waals surface area contributed by atoms with Crippen molar-refractivity contribution in [2.75, 3.05) is 13.2 Å². The van der Waals surface area contributed by atoms with E-state index in [1.807, 2.05) is 19.1 Å². The van der Waals surface area contributed by atoms with Gasteiger partial charge in [-0.1, -0.05) is 48.9 Å². The average molecular weight is 299 g/mol. The first-order chi connectivity index (χ1) is 10.7. The number of hydrogen-bond donors (Lipinski definition) is 1. The first kappa shape index (κ1) is 16.4. The highest BCUT2D eigenvalue weighted by Crippen LogP contribution is 2.32. The Balaban J connectivity index is 2.16. The lowest BCUT2D eigenvalue weighted by Crippen LogP contribution is -2.13. The van der Waals surface area contributed by atoms with Crippen LogP contribution in [0, 0.1) is 6.92 Å². The summed E-state index contributed by atoms with van der Waals surface area (Å²) >= 11 is 0. The van der Waals surface area contributed by atoms with Crippen LogP contribution in [0.3, 0.4) is 0 Å². The number of benzene rings is 2. The minimum Gasteiger partial charge on any atom is -0.490 e. The summed E-state index contributed by atoms with van der Waals surface area (Å²) in [5, 5.41) is 3.34. The van der Waals surface area contributed by atoms with Gasteiger partial charge in [-0.2, -0.15) is 0 Å². The Hall–Kier alpha value is -2.00. The molecule has 2 rings (SSSR count). The molecule has 2 aromatic carbocycles. The van der Waals surface area contributed by atoms with Crippen LogP contribution in [-0.4, -0.2) is 13.2 Å². The summed E-state index contributed by atoms with van der Waals surface area (Å²) < 4.78 is 11.8. The van der Waals surface area contributed by atoms with E-state index < -0.39 is 0 Å². The summed E-state index contributed by atoms with van der Waals surface area (Å²) in [6, 6.07) is 14.5. The van der Waals surface area contributed by atoms with Crippen LogP contribution in [0.15, 0.2) is 42.5 Å². The van der Waals surface area contributed by atoms with Crippen LogP contribution in [0.25, 0.3) is 0 Å². The molecule has 3 nitrogen and oxygen atoms in total. The summed E-state index contributed by atoms with van der Waals surface area (Å²) in [6.07, 6.45) is 0. The maximum absolute atomic E-state index is 6.08. The summed E-state index contributed by atoms with van der Waals surface area (Å²) in [5.74, 6) is 1.65. The molecule has 0 aliphatic carbocycles. The van der Waals surface area contributed by atoms with E-state index in [2.05, 4.69) is 49.5 Å². The quantitative estimate of drug-likeness (QED) is 0.796. The van der Waals surface area contributed by atoms with Crippen LogP contribution in [0.5, 0.6) is 11.5 Å². The number of ether oxygens (including phenoxy) is 2. The average Bonchev–Trinajstić information content (AvgIpc) is 2.54. The second kappa shape index (κ2) is 8.44. The Morgan fingerprint density at radius 3 is 2.41 bits per heavy atom. The normalized spacial score (nSPS) is 10.5.